The van der Waals surface area contributed by atoms with Crippen molar-refractivity contribution in [2.75, 3.05) is 5.32 Å². The normalized spacial score (nSPS) is 10.3. The third kappa shape index (κ3) is 4.05. The molecule has 2 aromatic rings. The molecule has 2 rings (SSSR count). The molecular weight excluding hydrogens is 252 g/mol. The number of carbonyl (C=O) groups excluding carboxylic acids is 1. The molecule has 0 saturated carbocycles. The fourth-order valence-electron chi connectivity index (χ4n) is 1.73. The van der Waals surface area contributed by atoms with Crippen molar-refractivity contribution in [3.8, 4) is 0 Å². The molecule has 1 aromatic carbocycles. The Kier molecular flexibility index (Phi) is 4.65. The predicted molar refractivity (Wildman–Crippen MR) is 78.4 cm³/mol. The number of aromatic nitrogens is 2. The third-order valence-electron chi connectivity index (χ3n) is 2.63. The lowest BCUT2D eigenvalue weighted by molar-refractivity contribution is 0.0943. The van der Waals surface area contributed by atoms with Crippen molar-refractivity contribution in [1.82, 2.24) is 15.3 Å². The molecule has 5 heteroatoms. The molecule has 0 bridgehead atoms. The highest BCUT2D eigenvalue weighted by Crippen LogP contribution is 2.11. The topological polar surface area (TPSA) is 66.9 Å². The Morgan fingerprint density at radius 3 is 2.85 bits per heavy atom. The Morgan fingerprint density at radius 2 is 2.15 bits per heavy atom. The number of hydrogen-bond donors (Lipinski definition) is 2. The van der Waals surface area contributed by atoms with Crippen molar-refractivity contribution in [3.05, 3.63) is 54.1 Å². The fraction of sp³-hybridized carbons (Fsp3) is 0.267. The number of carbonyl (C=O) groups is 1. The van der Waals surface area contributed by atoms with Gasteiger partial charge in [-0.25, -0.2) is 0 Å². The van der Waals surface area contributed by atoms with Gasteiger partial charge in [0.2, 0.25) is 0 Å². The maximum Gasteiger partial charge on any atom is 0.251 e. The largest absolute Gasteiger partial charge is 0.379 e. The summed E-state index contributed by atoms with van der Waals surface area (Å²) < 4.78 is 0. The molecule has 0 saturated heterocycles. The first kappa shape index (κ1) is 14.0. The summed E-state index contributed by atoms with van der Waals surface area (Å²) in [5, 5.41) is 6.10. The van der Waals surface area contributed by atoms with E-state index >= 15 is 0 Å². The van der Waals surface area contributed by atoms with Crippen LogP contribution in [0.15, 0.2) is 42.9 Å². The summed E-state index contributed by atoms with van der Waals surface area (Å²) in [6.45, 7) is 4.45. The maximum absolute atomic E-state index is 11.9. The van der Waals surface area contributed by atoms with E-state index in [0.29, 0.717) is 12.1 Å². The number of rotatable bonds is 5. The van der Waals surface area contributed by atoms with Gasteiger partial charge in [0.25, 0.3) is 5.91 Å². The van der Waals surface area contributed by atoms with Gasteiger partial charge in [-0.3, -0.25) is 14.8 Å². The first-order valence-corrected chi connectivity index (χ1v) is 6.55. The van der Waals surface area contributed by atoms with Crippen molar-refractivity contribution < 1.29 is 4.79 Å². The standard InChI is InChI=1S/C15H18N4O/c1-11(2)19-15(20)12-4-3-5-13(8-12)18-10-14-9-16-6-7-17-14/h3-9,11,18H,10H2,1-2H3,(H,19,20). The van der Waals surface area contributed by atoms with Gasteiger partial charge in [-0.15, -0.1) is 0 Å². The van der Waals surface area contributed by atoms with E-state index < -0.39 is 0 Å². The summed E-state index contributed by atoms with van der Waals surface area (Å²) in [4.78, 5) is 20.1. The second-order valence-electron chi connectivity index (χ2n) is 4.76. The minimum Gasteiger partial charge on any atom is -0.379 e. The van der Waals surface area contributed by atoms with E-state index in [1.807, 2.05) is 32.0 Å². The average molecular weight is 270 g/mol. The Bertz CT molecular complexity index is 569. The molecule has 0 fully saturated rings. The van der Waals surface area contributed by atoms with Crippen molar-refractivity contribution in [1.29, 1.82) is 0 Å². The highest BCUT2D eigenvalue weighted by molar-refractivity contribution is 5.95. The van der Waals surface area contributed by atoms with Gasteiger partial charge in [0.05, 0.1) is 18.4 Å². The molecule has 0 unspecified atom stereocenters. The van der Waals surface area contributed by atoms with Crippen molar-refractivity contribution in [3.63, 3.8) is 0 Å². The maximum atomic E-state index is 11.9. The fourth-order valence-corrected chi connectivity index (χ4v) is 1.73. The van der Waals surface area contributed by atoms with E-state index in [0.717, 1.165) is 11.4 Å². The molecule has 0 aliphatic carbocycles. The van der Waals surface area contributed by atoms with Gasteiger partial charge in [-0.05, 0) is 32.0 Å². The summed E-state index contributed by atoms with van der Waals surface area (Å²) in [5.41, 5.74) is 2.37. The number of nitrogens with zero attached hydrogens (tertiary/aromatic N) is 2. The summed E-state index contributed by atoms with van der Waals surface area (Å²) in [7, 11) is 0. The molecule has 20 heavy (non-hydrogen) atoms. The lowest BCUT2D eigenvalue weighted by Crippen LogP contribution is -2.30. The van der Waals surface area contributed by atoms with Crippen molar-refractivity contribution in [2.24, 2.45) is 0 Å². The summed E-state index contributed by atoms with van der Waals surface area (Å²) in [5.74, 6) is -0.0665. The quantitative estimate of drug-likeness (QED) is 0.874. The zero-order valence-electron chi connectivity index (χ0n) is 11.6. The Hall–Kier alpha value is -2.43. The van der Waals surface area contributed by atoms with Crippen molar-refractivity contribution >= 4 is 11.6 Å². The third-order valence-corrected chi connectivity index (χ3v) is 2.63. The lowest BCUT2D eigenvalue weighted by atomic mass is 10.1. The molecule has 1 aromatic heterocycles. The Labute approximate surface area is 118 Å². The van der Waals surface area contributed by atoms with Gasteiger partial charge < -0.3 is 10.6 Å². The summed E-state index contributed by atoms with van der Waals surface area (Å²) >= 11 is 0. The number of nitrogens with one attached hydrogen (secondary N) is 2. The zero-order valence-corrected chi connectivity index (χ0v) is 11.6. The van der Waals surface area contributed by atoms with Crippen LogP contribution in [0.4, 0.5) is 5.69 Å². The molecule has 0 spiro atoms. The van der Waals surface area contributed by atoms with E-state index in [1.165, 1.54) is 0 Å². The predicted octanol–water partition coefficient (Wildman–Crippen LogP) is 2.23. The van der Waals surface area contributed by atoms with Gasteiger partial charge in [0.1, 0.15) is 0 Å². The first-order valence-electron chi connectivity index (χ1n) is 6.55. The van der Waals surface area contributed by atoms with E-state index in [2.05, 4.69) is 20.6 Å². The average Bonchev–Trinajstić information content (AvgIpc) is 2.46. The highest BCUT2D eigenvalue weighted by atomic mass is 16.1. The SMILES string of the molecule is CC(C)NC(=O)c1cccc(NCc2cnccn2)c1. The summed E-state index contributed by atoms with van der Waals surface area (Å²) in [6, 6.07) is 7.52. The molecular formula is C15H18N4O. The van der Waals surface area contributed by atoms with Crippen LogP contribution in [0.3, 0.4) is 0 Å². The molecule has 0 aliphatic rings. The molecule has 1 heterocycles. The van der Waals surface area contributed by atoms with Crippen LogP contribution in [0, 0.1) is 0 Å². The minimum absolute atomic E-state index is 0.0665. The van der Waals surface area contributed by atoms with Crippen LogP contribution in [0.5, 0.6) is 0 Å². The zero-order chi connectivity index (χ0) is 14.4. The molecule has 2 N–H and O–H groups in total. The van der Waals surface area contributed by atoms with Crippen LogP contribution in [0.1, 0.15) is 29.9 Å². The van der Waals surface area contributed by atoms with Gasteiger partial charge in [-0.2, -0.15) is 0 Å². The monoisotopic (exact) mass is 270 g/mol. The second kappa shape index (κ2) is 6.65. The van der Waals surface area contributed by atoms with Gasteiger partial charge >= 0.3 is 0 Å². The Balaban J connectivity index is 2.01. The van der Waals surface area contributed by atoms with Gasteiger partial charge in [0, 0.05) is 29.7 Å². The minimum atomic E-state index is -0.0665. The van der Waals surface area contributed by atoms with Crippen LogP contribution < -0.4 is 10.6 Å². The van der Waals surface area contributed by atoms with Crippen LogP contribution in [0.25, 0.3) is 0 Å². The number of hydrogen-bond acceptors (Lipinski definition) is 4. The van der Waals surface area contributed by atoms with Crippen LogP contribution >= 0.6 is 0 Å². The Morgan fingerprint density at radius 1 is 1.30 bits per heavy atom. The number of amides is 1. The molecule has 5 nitrogen and oxygen atoms in total. The van der Waals surface area contributed by atoms with Crippen molar-refractivity contribution in [2.45, 2.75) is 26.4 Å². The smallest absolute Gasteiger partial charge is 0.251 e. The number of benzene rings is 1. The molecule has 1 amide bonds. The number of anilines is 1. The summed E-state index contributed by atoms with van der Waals surface area (Å²) in [6.07, 6.45) is 5.01. The van der Waals surface area contributed by atoms with E-state index in [4.69, 9.17) is 0 Å². The van der Waals surface area contributed by atoms with E-state index in [1.54, 1.807) is 24.7 Å². The van der Waals surface area contributed by atoms with E-state index in [-0.39, 0.29) is 11.9 Å². The van der Waals surface area contributed by atoms with Gasteiger partial charge in [-0.1, -0.05) is 6.07 Å². The molecule has 0 radical (unpaired) electrons. The van der Waals surface area contributed by atoms with E-state index in [9.17, 15) is 4.79 Å². The van der Waals surface area contributed by atoms with Crippen LogP contribution in [0.2, 0.25) is 0 Å². The molecule has 0 aliphatic heterocycles. The first-order chi connectivity index (χ1) is 9.65. The molecule has 104 valence electrons. The second-order valence-corrected chi connectivity index (χ2v) is 4.76. The van der Waals surface area contributed by atoms with Crippen LogP contribution in [-0.2, 0) is 6.54 Å². The lowest BCUT2D eigenvalue weighted by Gasteiger charge is -2.10. The van der Waals surface area contributed by atoms with Gasteiger partial charge in [0.15, 0.2) is 0 Å². The van der Waals surface area contributed by atoms with Crippen LogP contribution in [-0.4, -0.2) is 21.9 Å². The highest BCUT2D eigenvalue weighted by Gasteiger charge is 2.07. The molecule has 0 atom stereocenters.